The van der Waals surface area contributed by atoms with Gasteiger partial charge in [-0.15, -0.1) is 0 Å². The van der Waals surface area contributed by atoms with Crippen molar-refractivity contribution in [1.29, 1.82) is 0 Å². The van der Waals surface area contributed by atoms with Gasteiger partial charge in [0.25, 0.3) is 0 Å². The molecule has 1 aromatic rings. The Bertz CT molecular complexity index is 665. The van der Waals surface area contributed by atoms with Gasteiger partial charge in [0.05, 0.1) is 5.56 Å². The van der Waals surface area contributed by atoms with Crippen molar-refractivity contribution >= 4 is 11.9 Å². The van der Waals surface area contributed by atoms with Crippen LogP contribution in [0.3, 0.4) is 0 Å². The van der Waals surface area contributed by atoms with Crippen LogP contribution in [0.15, 0.2) is 24.3 Å². The first kappa shape index (κ1) is 21.2. The number of rotatable bonds is 4. The summed E-state index contributed by atoms with van der Waals surface area (Å²) in [5.74, 6) is -1.35. The number of hydrogen-bond donors (Lipinski definition) is 3. The number of hydrogen-bond acceptors (Lipinski definition) is 3. The third kappa shape index (κ3) is 5.69. The third-order valence-corrected chi connectivity index (χ3v) is 5.56. The Kier molecular flexibility index (Phi) is 6.86. The molecule has 0 spiro atoms. The molecule has 0 aromatic heterocycles. The summed E-state index contributed by atoms with van der Waals surface area (Å²) in [6, 6.07) is 6.16. The lowest BCUT2D eigenvalue weighted by molar-refractivity contribution is -0.159. The number of benzene rings is 1. The minimum Gasteiger partial charge on any atom is -0.473 e. The van der Waals surface area contributed by atoms with E-state index in [9.17, 15) is 13.2 Å². The summed E-state index contributed by atoms with van der Waals surface area (Å²) in [6.45, 7) is 2.42. The maximum Gasteiger partial charge on any atom is 0.416 e. The van der Waals surface area contributed by atoms with E-state index in [1.165, 1.54) is 37.8 Å². The number of carboxylic acids is 2. The predicted molar refractivity (Wildman–Crippen MR) is 92.0 cm³/mol. The summed E-state index contributed by atoms with van der Waals surface area (Å²) < 4.78 is 38.9. The number of fused-ring (bicyclic) bond motifs is 2. The van der Waals surface area contributed by atoms with Crippen LogP contribution in [0.2, 0.25) is 0 Å². The average Bonchev–Trinajstić information content (AvgIpc) is 3.23. The summed E-state index contributed by atoms with van der Waals surface area (Å²) in [6.07, 6.45) is 0.967. The Hall–Kier alpha value is -2.09. The molecule has 0 saturated heterocycles. The largest absolute Gasteiger partial charge is 0.473 e. The molecule has 4 atom stereocenters. The van der Waals surface area contributed by atoms with E-state index >= 15 is 0 Å². The van der Waals surface area contributed by atoms with Crippen molar-refractivity contribution in [3.63, 3.8) is 0 Å². The van der Waals surface area contributed by atoms with Crippen molar-refractivity contribution in [3.05, 3.63) is 35.4 Å². The molecule has 0 aliphatic heterocycles. The van der Waals surface area contributed by atoms with Gasteiger partial charge in [0.1, 0.15) is 0 Å². The fourth-order valence-corrected chi connectivity index (χ4v) is 4.28. The fraction of sp³-hybridized carbons (Fsp3) is 0.579. The molecule has 2 aliphatic carbocycles. The van der Waals surface area contributed by atoms with Gasteiger partial charge in [-0.3, -0.25) is 0 Å². The standard InChI is InChI=1S/C17H22F3N.C2H2O4/c1-11(15-9-12-6-7-13(15)8-12)21-10-14-4-2-3-5-16(14)17(18,19)20;3-1(4)2(5)6/h2-5,11-13,15,21H,6-10H2,1H3;(H,3,4)(H,5,6). The molecule has 2 fully saturated rings. The van der Waals surface area contributed by atoms with Crippen LogP contribution in [0.4, 0.5) is 13.2 Å². The van der Waals surface area contributed by atoms with Gasteiger partial charge in [0.2, 0.25) is 0 Å². The zero-order chi connectivity index (χ0) is 20.2. The van der Waals surface area contributed by atoms with Gasteiger partial charge >= 0.3 is 18.1 Å². The SMILES string of the molecule is CC(NCc1ccccc1C(F)(F)F)C1CC2CCC1C2.O=C(O)C(=O)O. The second-order valence-electron chi connectivity index (χ2n) is 7.27. The van der Waals surface area contributed by atoms with Gasteiger partial charge in [-0.2, -0.15) is 13.2 Å². The molecule has 0 radical (unpaired) electrons. The number of aliphatic carboxylic acids is 2. The quantitative estimate of drug-likeness (QED) is 0.685. The van der Waals surface area contributed by atoms with Gasteiger partial charge in [0, 0.05) is 12.6 Å². The Morgan fingerprint density at radius 3 is 2.26 bits per heavy atom. The number of carboxylic acid groups (broad SMARTS) is 2. The lowest BCUT2D eigenvalue weighted by Crippen LogP contribution is -2.36. The van der Waals surface area contributed by atoms with E-state index in [0.717, 1.165) is 11.8 Å². The van der Waals surface area contributed by atoms with E-state index in [4.69, 9.17) is 19.8 Å². The van der Waals surface area contributed by atoms with Crippen LogP contribution < -0.4 is 5.32 Å². The van der Waals surface area contributed by atoms with Gasteiger partial charge in [-0.1, -0.05) is 24.6 Å². The highest BCUT2D eigenvalue weighted by Crippen LogP contribution is 2.49. The molecule has 1 aromatic carbocycles. The van der Waals surface area contributed by atoms with E-state index in [1.54, 1.807) is 12.1 Å². The highest BCUT2D eigenvalue weighted by atomic mass is 19.4. The molecule has 2 bridgehead atoms. The Labute approximate surface area is 155 Å². The number of nitrogens with one attached hydrogen (secondary N) is 1. The van der Waals surface area contributed by atoms with Crippen LogP contribution in [0.1, 0.15) is 43.7 Å². The summed E-state index contributed by atoms with van der Waals surface area (Å²) in [7, 11) is 0. The Morgan fingerprint density at radius 2 is 1.78 bits per heavy atom. The van der Waals surface area contributed by atoms with Crippen LogP contribution >= 0.6 is 0 Å². The Balaban J connectivity index is 0.000000380. The third-order valence-electron chi connectivity index (χ3n) is 5.56. The molecule has 27 heavy (non-hydrogen) atoms. The molecule has 2 saturated carbocycles. The van der Waals surface area contributed by atoms with E-state index < -0.39 is 23.7 Å². The topological polar surface area (TPSA) is 86.6 Å². The van der Waals surface area contributed by atoms with Crippen molar-refractivity contribution in [2.75, 3.05) is 0 Å². The van der Waals surface area contributed by atoms with Crippen LogP contribution in [0.25, 0.3) is 0 Å². The highest BCUT2D eigenvalue weighted by molar-refractivity contribution is 6.27. The predicted octanol–water partition coefficient (Wildman–Crippen LogP) is 3.78. The molecule has 3 N–H and O–H groups in total. The van der Waals surface area contributed by atoms with Crippen LogP contribution in [0.5, 0.6) is 0 Å². The molecule has 0 heterocycles. The minimum atomic E-state index is -4.27. The maximum absolute atomic E-state index is 13.0. The van der Waals surface area contributed by atoms with Crippen LogP contribution in [-0.4, -0.2) is 28.2 Å². The van der Waals surface area contributed by atoms with E-state index in [2.05, 4.69) is 12.2 Å². The Morgan fingerprint density at radius 1 is 1.15 bits per heavy atom. The van der Waals surface area contributed by atoms with E-state index in [0.29, 0.717) is 24.1 Å². The second-order valence-corrected chi connectivity index (χ2v) is 7.27. The molecule has 8 heteroatoms. The van der Waals surface area contributed by atoms with Crippen LogP contribution in [0, 0.1) is 17.8 Å². The summed E-state index contributed by atoms with van der Waals surface area (Å²) in [4.78, 5) is 18.2. The average molecular weight is 387 g/mol. The van der Waals surface area contributed by atoms with Crippen molar-refractivity contribution in [1.82, 2.24) is 5.32 Å². The molecule has 0 amide bonds. The fourth-order valence-electron chi connectivity index (χ4n) is 4.28. The molecule has 5 nitrogen and oxygen atoms in total. The van der Waals surface area contributed by atoms with Gasteiger partial charge in [0.15, 0.2) is 0 Å². The van der Waals surface area contributed by atoms with Crippen molar-refractivity contribution in [2.24, 2.45) is 17.8 Å². The normalized spacial score (nSPS) is 24.8. The zero-order valence-corrected chi connectivity index (χ0v) is 15.0. The lowest BCUT2D eigenvalue weighted by Gasteiger charge is -2.29. The highest BCUT2D eigenvalue weighted by Gasteiger charge is 2.41. The second kappa shape index (κ2) is 8.73. The maximum atomic E-state index is 13.0. The van der Waals surface area contributed by atoms with Crippen molar-refractivity contribution < 1.29 is 33.0 Å². The number of carbonyl (C=O) groups is 2. The first-order valence-corrected chi connectivity index (χ1v) is 8.94. The van der Waals surface area contributed by atoms with Gasteiger partial charge in [-0.25, -0.2) is 9.59 Å². The molecular weight excluding hydrogens is 363 g/mol. The number of alkyl halides is 3. The van der Waals surface area contributed by atoms with Crippen molar-refractivity contribution in [3.8, 4) is 0 Å². The summed E-state index contributed by atoms with van der Waals surface area (Å²) in [5.41, 5.74) is -0.169. The monoisotopic (exact) mass is 387 g/mol. The van der Waals surface area contributed by atoms with Crippen LogP contribution in [-0.2, 0) is 22.3 Å². The lowest BCUT2D eigenvalue weighted by atomic mass is 9.84. The van der Waals surface area contributed by atoms with Gasteiger partial charge < -0.3 is 15.5 Å². The van der Waals surface area contributed by atoms with Gasteiger partial charge in [-0.05, 0) is 55.6 Å². The number of halogens is 3. The smallest absolute Gasteiger partial charge is 0.416 e. The van der Waals surface area contributed by atoms with E-state index in [1.807, 2.05) is 0 Å². The minimum absolute atomic E-state index is 0.293. The molecule has 4 unspecified atom stereocenters. The van der Waals surface area contributed by atoms with E-state index in [-0.39, 0.29) is 0 Å². The summed E-state index contributed by atoms with van der Waals surface area (Å²) >= 11 is 0. The molecule has 2 aliphatic rings. The molecule has 150 valence electrons. The molecule has 3 rings (SSSR count). The first-order chi connectivity index (χ1) is 12.6. The summed E-state index contributed by atoms with van der Waals surface area (Å²) in [5, 5.41) is 18.1. The first-order valence-electron chi connectivity index (χ1n) is 8.94. The molecular formula is C19H24F3NO4. The zero-order valence-electron chi connectivity index (χ0n) is 15.0. The van der Waals surface area contributed by atoms with Crippen molar-refractivity contribution in [2.45, 2.75) is 51.4 Å².